The van der Waals surface area contributed by atoms with Gasteiger partial charge in [0, 0.05) is 24.9 Å². The summed E-state index contributed by atoms with van der Waals surface area (Å²) >= 11 is 0. The van der Waals surface area contributed by atoms with Gasteiger partial charge in [-0.05, 0) is 59.3 Å². The van der Waals surface area contributed by atoms with E-state index < -0.39 is 30.2 Å². The Kier molecular flexibility index (Phi) is 15.2. The van der Waals surface area contributed by atoms with E-state index in [1.54, 1.807) is 17.9 Å². The van der Waals surface area contributed by atoms with Crippen LogP contribution in [0.4, 0.5) is 13.6 Å². The molecule has 0 bridgehead atoms. The molecule has 1 aliphatic heterocycles. The quantitative estimate of drug-likeness (QED) is 0.0560. The first-order valence-electron chi connectivity index (χ1n) is 15.0. The van der Waals surface area contributed by atoms with Crippen LogP contribution in [-0.4, -0.2) is 54.2 Å². The van der Waals surface area contributed by atoms with Crippen molar-refractivity contribution in [1.29, 1.82) is 0 Å². The van der Waals surface area contributed by atoms with Crippen molar-refractivity contribution in [2.24, 2.45) is 4.52 Å². The van der Waals surface area contributed by atoms with E-state index in [2.05, 4.69) is 9.04 Å². The first kappa shape index (κ1) is 36.7. The molecule has 46 heavy (non-hydrogen) atoms. The van der Waals surface area contributed by atoms with E-state index in [4.69, 9.17) is 14.2 Å². The number of esters is 2. The molecule has 1 saturated heterocycles. The molecule has 2 aromatic rings. The van der Waals surface area contributed by atoms with E-state index in [0.29, 0.717) is 50.8 Å². The van der Waals surface area contributed by atoms with Crippen LogP contribution in [-0.2, 0) is 40.7 Å². The SMILES string of the molecule is CCOC(=O)CCCCCCN1C(=O)CC[C@@H]1C=C[C@@H](OC(=O)Cc1ccc(OC(=O)OP=NP)cc1)C(F)(F)c1ccccc1. The van der Waals surface area contributed by atoms with Crippen molar-refractivity contribution in [3.63, 3.8) is 0 Å². The summed E-state index contributed by atoms with van der Waals surface area (Å²) in [7, 11) is 2.08. The molecule has 0 saturated carbocycles. The Hall–Kier alpha value is -3.75. The largest absolute Gasteiger partial charge is 0.523 e. The first-order valence-corrected chi connectivity index (χ1v) is 16.3. The van der Waals surface area contributed by atoms with Gasteiger partial charge in [0.1, 0.15) is 5.75 Å². The van der Waals surface area contributed by atoms with Crippen molar-refractivity contribution in [2.75, 3.05) is 13.2 Å². The zero-order chi connectivity index (χ0) is 33.4. The summed E-state index contributed by atoms with van der Waals surface area (Å²) in [5, 5.41) is 0. The van der Waals surface area contributed by atoms with Gasteiger partial charge in [-0.1, -0.05) is 61.4 Å². The standard InChI is InChI=1S/C32H38F2N2O8P2/c1-2-41-29(38)12-8-3-4-9-21-36-25(16-20-28(36)37)15-19-27(32(33,34)24-10-6-5-7-11-24)43-30(39)22-23-13-17-26(18-14-23)42-31(40)44-46-35-45/h5-7,10-11,13-15,17-19,25,27H,2-4,8-9,12,16,20-22,45H2,1H3/t25-,27+/m0/s1. The van der Waals surface area contributed by atoms with Crippen molar-refractivity contribution >= 4 is 42.0 Å². The fourth-order valence-electron chi connectivity index (χ4n) is 4.87. The monoisotopic (exact) mass is 678 g/mol. The lowest BCUT2D eigenvalue weighted by Crippen LogP contribution is -2.36. The molecule has 248 valence electrons. The minimum atomic E-state index is -3.56. The van der Waals surface area contributed by atoms with Crippen LogP contribution in [0.2, 0.25) is 0 Å². The molecule has 1 aliphatic rings. The third-order valence-corrected chi connectivity index (χ3v) is 7.74. The van der Waals surface area contributed by atoms with Gasteiger partial charge >= 0.3 is 24.0 Å². The highest BCUT2D eigenvalue weighted by atomic mass is 31.1. The lowest BCUT2D eigenvalue weighted by atomic mass is 10.0. The van der Waals surface area contributed by atoms with Crippen LogP contribution < -0.4 is 4.74 Å². The van der Waals surface area contributed by atoms with Gasteiger partial charge < -0.3 is 23.6 Å². The second kappa shape index (κ2) is 19.0. The summed E-state index contributed by atoms with van der Waals surface area (Å²) in [6.07, 6.45) is 3.60. The van der Waals surface area contributed by atoms with Gasteiger partial charge in [-0.25, -0.2) is 9.31 Å². The first-order chi connectivity index (χ1) is 22.1. The minimum Gasteiger partial charge on any atom is -0.466 e. The zero-order valence-electron chi connectivity index (χ0n) is 25.5. The molecule has 1 amide bonds. The van der Waals surface area contributed by atoms with Crippen LogP contribution in [0.5, 0.6) is 5.75 Å². The van der Waals surface area contributed by atoms with Gasteiger partial charge in [-0.2, -0.15) is 8.78 Å². The Balaban J connectivity index is 1.64. The Labute approximate surface area is 271 Å². The number of unbranched alkanes of at least 4 members (excludes halogenated alkanes) is 3. The van der Waals surface area contributed by atoms with Crippen molar-refractivity contribution in [3.05, 3.63) is 77.9 Å². The predicted octanol–water partition coefficient (Wildman–Crippen LogP) is 7.34. The molecule has 0 N–H and O–H groups in total. The Bertz CT molecular complexity index is 1360. The molecule has 0 radical (unpaired) electrons. The van der Waals surface area contributed by atoms with E-state index in [1.165, 1.54) is 60.7 Å². The summed E-state index contributed by atoms with van der Waals surface area (Å²) in [6.45, 7) is 2.57. The number of carbonyl (C=O) groups excluding carboxylic acids is 4. The number of rotatable bonds is 17. The molecule has 3 atom stereocenters. The normalized spacial score (nSPS) is 15.7. The number of likely N-dealkylation sites (tertiary alicyclic amines) is 1. The molecular weight excluding hydrogens is 640 g/mol. The molecule has 2 aromatic carbocycles. The average Bonchev–Trinajstić information content (AvgIpc) is 3.39. The number of amides is 1. The summed E-state index contributed by atoms with van der Waals surface area (Å²) in [5.41, 5.74) is 0.131. The van der Waals surface area contributed by atoms with Crippen LogP contribution in [0.25, 0.3) is 0 Å². The van der Waals surface area contributed by atoms with Crippen LogP contribution in [0.15, 0.2) is 71.3 Å². The lowest BCUT2D eigenvalue weighted by Gasteiger charge is -2.27. The maximum absolute atomic E-state index is 15.7. The fourth-order valence-corrected chi connectivity index (χ4v) is 5.16. The van der Waals surface area contributed by atoms with E-state index in [-0.39, 0.29) is 38.2 Å². The Morgan fingerprint density at radius 2 is 1.78 bits per heavy atom. The van der Waals surface area contributed by atoms with E-state index in [9.17, 15) is 19.2 Å². The second-order valence-electron chi connectivity index (χ2n) is 10.4. The summed E-state index contributed by atoms with van der Waals surface area (Å²) in [6, 6.07) is 12.5. The van der Waals surface area contributed by atoms with Crippen molar-refractivity contribution in [2.45, 2.75) is 76.4 Å². The maximum Gasteiger partial charge on any atom is 0.523 e. The Morgan fingerprint density at radius 3 is 2.48 bits per heavy atom. The molecule has 10 nitrogen and oxygen atoms in total. The number of hydrogen-bond acceptors (Lipinski definition) is 9. The topological polar surface area (TPSA) is 121 Å². The number of ether oxygens (including phenoxy) is 3. The summed E-state index contributed by atoms with van der Waals surface area (Å²) in [5.74, 6) is -4.58. The van der Waals surface area contributed by atoms with Gasteiger partial charge in [-0.3, -0.25) is 14.4 Å². The Morgan fingerprint density at radius 1 is 1.07 bits per heavy atom. The van der Waals surface area contributed by atoms with Crippen LogP contribution in [0, 0.1) is 0 Å². The summed E-state index contributed by atoms with van der Waals surface area (Å²) < 4.78 is 54.9. The van der Waals surface area contributed by atoms with Gasteiger partial charge in [-0.15, -0.1) is 0 Å². The highest BCUT2D eigenvalue weighted by molar-refractivity contribution is 7.31. The van der Waals surface area contributed by atoms with Gasteiger partial charge in [0.15, 0.2) is 6.10 Å². The van der Waals surface area contributed by atoms with Crippen molar-refractivity contribution < 1.29 is 46.7 Å². The summed E-state index contributed by atoms with van der Waals surface area (Å²) in [4.78, 5) is 50.2. The third-order valence-electron chi connectivity index (χ3n) is 7.13. The second-order valence-corrected chi connectivity index (χ2v) is 11.7. The molecular formula is C32H38F2N2O8P2. The number of halogens is 2. The molecule has 1 fully saturated rings. The van der Waals surface area contributed by atoms with E-state index >= 15 is 8.78 Å². The number of hydrogen-bond donors (Lipinski definition) is 0. The van der Waals surface area contributed by atoms with Gasteiger partial charge in [0.2, 0.25) is 5.91 Å². The van der Waals surface area contributed by atoms with Gasteiger partial charge in [0.25, 0.3) is 8.60 Å². The highest BCUT2D eigenvalue weighted by Crippen LogP contribution is 2.35. The number of benzene rings is 2. The van der Waals surface area contributed by atoms with E-state index in [0.717, 1.165) is 12.8 Å². The van der Waals surface area contributed by atoms with Gasteiger partial charge in [0.05, 0.1) is 19.1 Å². The van der Waals surface area contributed by atoms with Crippen molar-refractivity contribution in [1.82, 2.24) is 4.90 Å². The van der Waals surface area contributed by atoms with Crippen LogP contribution >= 0.6 is 18.0 Å². The van der Waals surface area contributed by atoms with Crippen molar-refractivity contribution in [3.8, 4) is 5.75 Å². The number of nitrogens with zero attached hydrogens (tertiary/aromatic N) is 2. The highest BCUT2D eigenvalue weighted by Gasteiger charge is 2.43. The molecule has 14 heteroatoms. The fraction of sp³-hybridized carbons (Fsp3) is 0.438. The predicted molar refractivity (Wildman–Crippen MR) is 170 cm³/mol. The maximum atomic E-state index is 15.7. The third kappa shape index (κ3) is 11.9. The molecule has 0 aromatic heterocycles. The lowest BCUT2D eigenvalue weighted by molar-refractivity contribution is -0.167. The smallest absolute Gasteiger partial charge is 0.466 e. The average molecular weight is 679 g/mol. The molecule has 0 aliphatic carbocycles. The van der Waals surface area contributed by atoms with E-state index in [1.807, 2.05) is 9.39 Å². The molecule has 0 spiro atoms. The molecule has 1 unspecified atom stereocenters. The minimum absolute atomic E-state index is 0.0493. The number of alkyl halides is 2. The number of carbonyl (C=O) groups is 4. The molecule has 3 rings (SSSR count). The van der Waals surface area contributed by atoms with Crippen LogP contribution in [0.3, 0.4) is 0 Å². The molecule has 1 heterocycles. The zero-order valence-corrected chi connectivity index (χ0v) is 27.6. The van der Waals surface area contributed by atoms with Crippen LogP contribution in [0.1, 0.15) is 63.0 Å².